The first-order chi connectivity index (χ1) is 21.2. The van der Waals surface area contributed by atoms with Gasteiger partial charge in [0.05, 0.1) is 17.1 Å². The molecule has 0 aliphatic heterocycles. The SMILES string of the molecule is CC#N.Nc1ccccc1C(C1=CC=CCC1)c1cccc(-n2c3ccccc3c3cc4sc5ccccc5c4cc32)c1. The Balaban J connectivity index is 0.000000963. The molecule has 0 saturated heterocycles. The van der Waals surface area contributed by atoms with E-state index in [1.165, 1.54) is 71.3 Å². The average Bonchev–Trinajstić information content (AvgIpc) is 3.57. The van der Waals surface area contributed by atoms with E-state index in [4.69, 9.17) is 11.0 Å². The van der Waals surface area contributed by atoms with Gasteiger partial charge < -0.3 is 10.3 Å². The van der Waals surface area contributed by atoms with Crippen molar-refractivity contribution in [3.63, 3.8) is 0 Å². The summed E-state index contributed by atoms with van der Waals surface area (Å²) in [5, 5.41) is 12.5. The number of nitrogens with zero attached hydrogens (tertiary/aromatic N) is 2. The van der Waals surface area contributed by atoms with Gasteiger partial charge in [-0.15, -0.1) is 11.3 Å². The lowest BCUT2D eigenvalue weighted by Crippen LogP contribution is -2.09. The predicted molar refractivity (Wildman–Crippen MR) is 184 cm³/mol. The summed E-state index contributed by atoms with van der Waals surface area (Å²) in [5.74, 6) is 0.117. The standard InChI is InChI=1S/C37H28N2S.C2H3N/c38-32-18-7-4-17-29(32)37(24-11-2-1-3-12-24)25-13-10-14-26(21-25)39-33-19-8-5-15-27(33)30-23-36-31(22-34(30)39)28-16-6-9-20-35(28)40-36;1-2-3/h1-2,4-11,13-23,37H,3,12,38H2;1H3. The van der Waals surface area contributed by atoms with Crippen LogP contribution in [0, 0.1) is 11.3 Å². The highest BCUT2D eigenvalue weighted by Crippen LogP contribution is 2.42. The normalized spacial score (nSPS) is 13.5. The summed E-state index contributed by atoms with van der Waals surface area (Å²) in [7, 11) is 0. The van der Waals surface area contributed by atoms with Crippen LogP contribution in [0.1, 0.15) is 36.8 Å². The van der Waals surface area contributed by atoms with Crippen molar-refractivity contribution in [3.8, 4) is 11.8 Å². The van der Waals surface area contributed by atoms with Crippen molar-refractivity contribution in [2.75, 3.05) is 5.73 Å². The summed E-state index contributed by atoms with van der Waals surface area (Å²) >= 11 is 1.88. The molecule has 1 aliphatic carbocycles. The average molecular weight is 574 g/mol. The van der Waals surface area contributed by atoms with Crippen LogP contribution in [-0.4, -0.2) is 4.57 Å². The minimum Gasteiger partial charge on any atom is -0.398 e. The van der Waals surface area contributed by atoms with Gasteiger partial charge >= 0.3 is 0 Å². The highest BCUT2D eigenvalue weighted by Gasteiger charge is 2.23. The van der Waals surface area contributed by atoms with E-state index in [1.807, 2.05) is 23.5 Å². The van der Waals surface area contributed by atoms with Gasteiger partial charge in [0.15, 0.2) is 0 Å². The van der Waals surface area contributed by atoms with E-state index in [0.29, 0.717) is 0 Å². The third-order valence-corrected chi connectivity index (χ3v) is 9.49. The zero-order valence-corrected chi connectivity index (χ0v) is 24.8. The topological polar surface area (TPSA) is 54.7 Å². The Kier molecular flexibility index (Phi) is 7.02. The van der Waals surface area contributed by atoms with E-state index in [9.17, 15) is 0 Å². The van der Waals surface area contributed by atoms with Crippen LogP contribution < -0.4 is 5.73 Å². The summed E-state index contributed by atoms with van der Waals surface area (Å²) in [5.41, 5.74) is 14.9. The number of hydrogen-bond acceptors (Lipinski definition) is 3. The molecule has 1 atom stereocenters. The molecule has 0 bridgehead atoms. The Morgan fingerprint density at radius 2 is 1.53 bits per heavy atom. The van der Waals surface area contributed by atoms with E-state index in [1.54, 1.807) is 6.07 Å². The molecule has 3 nitrogen and oxygen atoms in total. The number of hydrogen-bond donors (Lipinski definition) is 1. The van der Waals surface area contributed by atoms with Gasteiger partial charge in [-0.2, -0.15) is 5.26 Å². The Bertz CT molecular complexity index is 2240. The van der Waals surface area contributed by atoms with E-state index >= 15 is 0 Å². The third kappa shape index (κ3) is 4.69. The predicted octanol–water partition coefficient (Wildman–Crippen LogP) is 10.7. The molecule has 43 heavy (non-hydrogen) atoms. The summed E-state index contributed by atoms with van der Waals surface area (Å²) in [6, 6.07) is 41.5. The fraction of sp³-hybridized carbons (Fsp3) is 0.103. The zero-order valence-electron chi connectivity index (χ0n) is 24.0. The van der Waals surface area contributed by atoms with Crippen molar-refractivity contribution in [1.29, 1.82) is 5.26 Å². The smallest absolute Gasteiger partial charge is 0.0587 e. The fourth-order valence-electron chi connectivity index (χ4n) is 6.54. The first kappa shape index (κ1) is 26.8. The van der Waals surface area contributed by atoms with Crippen LogP contribution in [0.2, 0.25) is 0 Å². The zero-order chi connectivity index (χ0) is 29.3. The van der Waals surface area contributed by atoms with E-state index in [-0.39, 0.29) is 5.92 Å². The van der Waals surface area contributed by atoms with Gasteiger partial charge in [-0.3, -0.25) is 0 Å². The van der Waals surface area contributed by atoms with Gasteiger partial charge in [0.2, 0.25) is 0 Å². The Labute approximate surface area is 255 Å². The number of allylic oxidation sites excluding steroid dienone is 4. The number of fused-ring (bicyclic) bond motifs is 6. The van der Waals surface area contributed by atoms with Crippen molar-refractivity contribution >= 4 is 59.0 Å². The monoisotopic (exact) mass is 573 g/mol. The Morgan fingerprint density at radius 1 is 0.767 bits per heavy atom. The molecular formula is C39H31N3S. The van der Waals surface area contributed by atoms with E-state index in [2.05, 4.69) is 120 Å². The maximum absolute atomic E-state index is 7.32. The van der Waals surface area contributed by atoms with Crippen LogP contribution >= 0.6 is 11.3 Å². The first-order valence-corrected chi connectivity index (χ1v) is 15.4. The third-order valence-electron chi connectivity index (χ3n) is 8.36. The molecule has 0 spiro atoms. The van der Waals surface area contributed by atoms with Gasteiger partial charge in [-0.25, -0.2) is 0 Å². The lowest BCUT2D eigenvalue weighted by molar-refractivity contribution is 0.832. The van der Waals surface area contributed by atoms with Crippen molar-refractivity contribution in [3.05, 3.63) is 144 Å². The van der Waals surface area contributed by atoms with Gasteiger partial charge in [0.25, 0.3) is 0 Å². The molecule has 2 aromatic heterocycles. The number of nitriles is 1. The molecule has 5 aromatic carbocycles. The molecule has 2 N–H and O–H groups in total. The molecule has 1 unspecified atom stereocenters. The molecule has 7 aromatic rings. The number of benzene rings is 5. The minimum atomic E-state index is 0.117. The molecule has 1 aliphatic rings. The lowest BCUT2D eigenvalue weighted by Gasteiger charge is -2.25. The van der Waals surface area contributed by atoms with Gasteiger partial charge in [-0.1, -0.05) is 90.5 Å². The van der Waals surface area contributed by atoms with Crippen molar-refractivity contribution in [2.24, 2.45) is 0 Å². The number of anilines is 1. The second-order valence-electron chi connectivity index (χ2n) is 10.9. The van der Waals surface area contributed by atoms with Crippen LogP contribution in [0.5, 0.6) is 0 Å². The number of nitrogen functional groups attached to an aromatic ring is 1. The number of para-hydroxylation sites is 2. The molecule has 8 rings (SSSR count). The van der Waals surface area contributed by atoms with E-state index < -0.39 is 0 Å². The van der Waals surface area contributed by atoms with Crippen LogP contribution in [0.15, 0.2) is 133 Å². The second kappa shape index (κ2) is 11.3. The maximum Gasteiger partial charge on any atom is 0.0587 e. The Hall–Kier alpha value is -5.11. The Morgan fingerprint density at radius 3 is 2.35 bits per heavy atom. The van der Waals surface area contributed by atoms with Crippen LogP contribution in [0.3, 0.4) is 0 Å². The minimum absolute atomic E-state index is 0.117. The highest BCUT2D eigenvalue weighted by atomic mass is 32.1. The highest BCUT2D eigenvalue weighted by molar-refractivity contribution is 7.25. The van der Waals surface area contributed by atoms with E-state index in [0.717, 1.165) is 18.5 Å². The second-order valence-corrected chi connectivity index (χ2v) is 12.0. The fourth-order valence-corrected chi connectivity index (χ4v) is 7.66. The molecule has 4 heteroatoms. The van der Waals surface area contributed by atoms with Gasteiger partial charge in [0.1, 0.15) is 0 Å². The van der Waals surface area contributed by atoms with Crippen LogP contribution in [0.25, 0.3) is 47.7 Å². The largest absolute Gasteiger partial charge is 0.398 e. The van der Waals surface area contributed by atoms with Crippen molar-refractivity contribution in [1.82, 2.24) is 4.57 Å². The summed E-state index contributed by atoms with van der Waals surface area (Å²) in [4.78, 5) is 0. The molecule has 208 valence electrons. The van der Waals surface area contributed by atoms with Gasteiger partial charge in [0, 0.05) is 55.2 Å². The summed E-state index contributed by atoms with van der Waals surface area (Å²) < 4.78 is 5.11. The number of nitrogens with two attached hydrogens (primary N) is 1. The quantitative estimate of drug-likeness (QED) is 0.213. The summed E-state index contributed by atoms with van der Waals surface area (Å²) in [6.45, 7) is 1.43. The van der Waals surface area contributed by atoms with Crippen LogP contribution in [-0.2, 0) is 0 Å². The number of thiophene rings is 1. The summed E-state index contributed by atoms with van der Waals surface area (Å²) in [6.07, 6.45) is 8.83. The van der Waals surface area contributed by atoms with Crippen LogP contribution in [0.4, 0.5) is 5.69 Å². The lowest BCUT2D eigenvalue weighted by atomic mass is 9.80. The molecule has 0 amide bonds. The maximum atomic E-state index is 7.32. The molecular weight excluding hydrogens is 543 g/mol. The van der Waals surface area contributed by atoms with Crippen molar-refractivity contribution in [2.45, 2.75) is 25.7 Å². The molecule has 0 radical (unpaired) electrons. The number of rotatable bonds is 4. The molecule has 0 saturated carbocycles. The molecule has 0 fully saturated rings. The number of aromatic nitrogens is 1. The molecule has 2 heterocycles. The van der Waals surface area contributed by atoms with Crippen molar-refractivity contribution < 1.29 is 0 Å². The first-order valence-electron chi connectivity index (χ1n) is 14.6. The van der Waals surface area contributed by atoms with Gasteiger partial charge in [-0.05, 0) is 66.4 Å².